The zero-order chi connectivity index (χ0) is 14.4. The van der Waals surface area contributed by atoms with E-state index in [1.807, 2.05) is 16.8 Å². The van der Waals surface area contributed by atoms with Gasteiger partial charge in [0.2, 0.25) is 0 Å². The number of ether oxygens (including phenoxy) is 1. The maximum Gasteiger partial charge on any atom is 0.251 e. The summed E-state index contributed by atoms with van der Waals surface area (Å²) < 4.78 is 5.08. The summed E-state index contributed by atoms with van der Waals surface area (Å²) in [5.74, 6) is 0.484. The maximum absolute atomic E-state index is 11.9. The van der Waals surface area contributed by atoms with E-state index in [0.717, 1.165) is 5.56 Å². The Morgan fingerprint density at radius 1 is 1.45 bits per heavy atom. The molecule has 1 aromatic carbocycles. The van der Waals surface area contributed by atoms with Crippen molar-refractivity contribution in [1.82, 2.24) is 5.32 Å². The van der Waals surface area contributed by atoms with Crippen molar-refractivity contribution in [2.45, 2.75) is 12.5 Å². The van der Waals surface area contributed by atoms with Crippen molar-refractivity contribution in [2.75, 3.05) is 13.7 Å². The molecule has 0 saturated heterocycles. The third-order valence-corrected chi connectivity index (χ3v) is 3.66. The van der Waals surface area contributed by atoms with Gasteiger partial charge in [-0.2, -0.15) is 11.3 Å². The van der Waals surface area contributed by atoms with Gasteiger partial charge in [0.15, 0.2) is 0 Å². The minimum atomic E-state index is -0.535. The predicted octanol–water partition coefficient (Wildman–Crippen LogP) is 2.61. The van der Waals surface area contributed by atoms with Crippen LogP contribution >= 0.6 is 11.3 Å². The van der Waals surface area contributed by atoms with Crippen LogP contribution in [0, 0.1) is 0 Å². The molecule has 0 bridgehead atoms. The SMILES string of the molecule is COc1cccc(C(=O)NCCC(O)c2ccsc2)c1. The van der Waals surface area contributed by atoms with Gasteiger partial charge in [-0.1, -0.05) is 6.07 Å². The highest BCUT2D eigenvalue weighted by Gasteiger charge is 2.10. The predicted molar refractivity (Wildman–Crippen MR) is 79.2 cm³/mol. The standard InChI is InChI=1S/C15H17NO3S/c1-19-13-4-2-3-11(9-13)15(18)16-7-5-14(17)12-6-8-20-10-12/h2-4,6,8-10,14,17H,5,7H2,1H3,(H,16,18). The third-order valence-electron chi connectivity index (χ3n) is 2.96. The van der Waals surface area contributed by atoms with E-state index >= 15 is 0 Å². The molecule has 1 heterocycles. The molecular weight excluding hydrogens is 274 g/mol. The second-order valence-electron chi connectivity index (χ2n) is 4.35. The van der Waals surface area contributed by atoms with Gasteiger partial charge in [0, 0.05) is 12.1 Å². The number of rotatable bonds is 6. The van der Waals surface area contributed by atoms with Crippen molar-refractivity contribution in [1.29, 1.82) is 0 Å². The Kier molecular flexibility index (Phi) is 5.15. The Balaban J connectivity index is 1.83. The topological polar surface area (TPSA) is 58.6 Å². The van der Waals surface area contributed by atoms with Gasteiger partial charge in [-0.15, -0.1) is 0 Å². The number of aliphatic hydroxyl groups excluding tert-OH is 1. The molecule has 0 radical (unpaired) electrons. The van der Waals surface area contributed by atoms with E-state index in [-0.39, 0.29) is 5.91 Å². The molecule has 0 aliphatic rings. The molecule has 1 amide bonds. The number of carbonyl (C=O) groups is 1. The first-order chi connectivity index (χ1) is 9.70. The van der Waals surface area contributed by atoms with Crippen LogP contribution in [-0.4, -0.2) is 24.7 Å². The van der Waals surface area contributed by atoms with E-state index in [1.165, 1.54) is 0 Å². The highest BCUT2D eigenvalue weighted by Crippen LogP contribution is 2.18. The van der Waals surface area contributed by atoms with Crippen molar-refractivity contribution in [3.8, 4) is 5.75 Å². The zero-order valence-electron chi connectivity index (χ0n) is 11.2. The van der Waals surface area contributed by atoms with Crippen LogP contribution in [0.25, 0.3) is 0 Å². The lowest BCUT2D eigenvalue weighted by Gasteiger charge is -2.10. The monoisotopic (exact) mass is 291 g/mol. The Bertz CT molecular complexity index is 554. The van der Waals surface area contributed by atoms with Gasteiger partial charge in [0.05, 0.1) is 13.2 Å². The molecule has 2 rings (SSSR count). The molecule has 0 saturated carbocycles. The molecule has 106 valence electrons. The number of thiophene rings is 1. The van der Waals surface area contributed by atoms with Gasteiger partial charge < -0.3 is 15.2 Å². The smallest absolute Gasteiger partial charge is 0.251 e. The lowest BCUT2D eigenvalue weighted by Crippen LogP contribution is -2.25. The van der Waals surface area contributed by atoms with Crippen LogP contribution in [0.5, 0.6) is 5.75 Å². The Morgan fingerprint density at radius 2 is 2.30 bits per heavy atom. The van der Waals surface area contributed by atoms with Crippen LogP contribution in [0.2, 0.25) is 0 Å². The van der Waals surface area contributed by atoms with Gasteiger partial charge in [-0.25, -0.2) is 0 Å². The number of carbonyl (C=O) groups excluding carboxylic acids is 1. The first-order valence-electron chi connectivity index (χ1n) is 6.33. The molecular formula is C15H17NO3S. The van der Waals surface area contributed by atoms with E-state index in [9.17, 15) is 9.90 Å². The van der Waals surface area contributed by atoms with Gasteiger partial charge in [0.1, 0.15) is 5.75 Å². The Hall–Kier alpha value is -1.85. The van der Waals surface area contributed by atoms with Crippen molar-refractivity contribution in [2.24, 2.45) is 0 Å². The number of aliphatic hydroxyl groups is 1. The molecule has 5 heteroatoms. The van der Waals surface area contributed by atoms with Gasteiger partial charge in [-0.05, 0) is 47.0 Å². The van der Waals surface area contributed by atoms with Gasteiger partial charge in [0.25, 0.3) is 5.91 Å². The molecule has 2 aromatic rings. The maximum atomic E-state index is 11.9. The third kappa shape index (κ3) is 3.82. The normalized spacial score (nSPS) is 11.9. The van der Waals surface area contributed by atoms with Crippen LogP contribution in [0.15, 0.2) is 41.1 Å². The largest absolute Gasteiger partial charge is 0.497 e. The fraction of sp³-hybridized carbons (Fsp3) is 0.267. The van der Waals surface area contributed by atoms with E-state index in [4.69, 9.17) is 4.74 Å². The van der Waals surface area contributed by atoms with Crippen LogP contribution in [0.3, 0.4) is 0 Å². The zero-order valence-corrected chi connectivity index (χ0v) is 12.0. The molecule has 0 aliphatic heterocycles. The molecule has 4 nitrogen and oxygen atoms in total. The van der Waals surface area contributed by atoms with Crippen LogP contribution in [0.4, 0.5) is 0 Å². The van der Waals surface area contributed by atoms with Gasteiger partial charge >= 0.3 is 0 Å². The summed E-state index contributed by atoms with van der Waals surface area (Å²) in [6.07, 6.45) is -0.0428. The quantitative estimate of drug-likeness (QED) is 0.860. The van der Waals surface area contributed by atoms with Crippen molar-refractivity contribution in [3.63, 3.8) is 0 Å². The molecule has 0 spiro atoms. The summed E-state index contributed by atoms with van der Waals surface area (Å²) in [6.45, 7) is 0.424. The molecule has 1 unspecified atom stereocenters. The summed E-state index contributed by atoms with van der Waals surface area (Å²) in [7, 11) is 1.56. The van der Waals surface area contributed by atoms with Crippen LogP contribution < -0.4 is 10.1 Å². The molecule has 1 aromatic heterocycles. The van der Waals surface area contributed by atoms with E-state index in [2.05, 4.69) is 5.32 Å². The number of benzene rings is 1. The van der Waals surface area contributed by atoms with Crippen molar-refractivity contribution in [3.05, 3.63) is 52.2 Å². The molecule has 20 heavy (non-hydrogen) atoms. The average molecular weight is 291 g/mol. The molecule has 0 fully saturated rings. The minimum Gasteiger partial charge on any atom is -0.497 e. The fourth-order valence-electron chi connectivity index (χ4n) is 1.82. The summed E-state index contributed by atoms with van der Waals surface area (Å²) >= 11 is 1.55. The highest BCUT2D eigenvalue weighted by molar-refractivity contribution is 7.07. The van der Waals surface area contributed by atoms with Crippen LogP contribution in [0.1, 0.15) is 28.4 Å². The summed E-state index contributed by atoms with van der Waals surface area (Å²) in [6, 6.07) is 8.86. The van der Waals surface area contributed by atoms with E-state index in [1.54, 1.807) is 42.7 Å². The average Bonchev–Trinajstić information content (AvgIpc) is 3.01. The first kappa shape index (κ1) is 14.6. The lowest BCUT2D eigenvalue weighted by atomic mass is 10.1. The molecule has 0 aliphatic carbocycles. The van der Waals surface area contributed by atoms with Crippen LogP contribution in [-0.2, 0) is 0 Å². The van der Waals surface area contributed by atoms with E-state index in [0.29, 0.717) is 24.3 Å². The second kappa shape index (κ2) is 7.07. The number of amides is 1. The molecule has 1 atom stereocenters. The summed E-state index contributed by atoms with van der Waals surface area (Å²) in [4.78, 5) is 11.9. The lowest BCUT2D eigenvalue weighted by molar-refractivity contribution is 0.0942. The summed E-state index contributed by atoms with van der Waals surface area (Å²) in [5.41, 5.74) is 1.44. The Morgan fingerprint density at radius 3 is 3.00 bits per heavy atom. The second-order valence-corrected chi connectivity index (χ2v) is 5.13. The fourth-order valence-corrected chi connectivity index (χ4v) is 2.53. The molecule has 2 N–H and O–H groups in total. The Labute approximate surface area is 122 Å². The van der Waals surface area contributed by atoms with Crippen molar-refractivity contribution >= 4 is 17.2 Å². The van der Waals surface area contributed by atoms with Gasteiger partial charge in [-0.3, -0.25) is 4.79 Å². The minimum absolute atomic E-state index is 0.165. The van der Waals surface area contributed by atoms with E-state index < -0.39 is 6.10 Å². The first-order valence-corrected chi connectivity index (χ1v) is 7.27. The summed E-state index contributed by atoms with van der Waals surface area (Å²) in [5, 5.41) is 16.5. The highest BCUT2D eigenvalue weighted by atomic mass is 32.1. The number of nitrogens with one attached hydrogen (secondary N) is 1. The number of hydrogen-bond acceptors (Lipinski definition) is 4. The number of methoxy groups -OCH3 is 1. The van der Waals surface area contributed by atoms with Crippen molar-refractivity contribution < 1.29 is 14.6 Å². The number of hydrogen-bond donors (Lipinski definition) is 2.